The maximum atomic E-state index is 12.5. The van der Waals surface area contributed by atoms with Crippen LogP contribution in [-0.2, 0) is 0 Å². The Kier molecular flexibility index (Phi) is 5.50. The third-order valence-electron chi connectivity index (χ3n) is 4.54. The summed E-state index contributed by atoms with van der Waals surface area (Å²) in [5, 5.41) is 2.90. The first kappa shape index (κ1) is 18.6. The van der Waals surface area contributed by atoms with Crippen LogP contribution in [0.3, 0.4) is 0 Å². The van der Waals surface area contributed by atoms with E-state index >= 15 is 0 Å². The Labute approximate surface area is 160 Å². The lowest BCUT2D eigenvalue weighted by molar-refractivity contribution is 0.102. The summed E-state index contributed by atoms with van der Waals surface area (Å²) in [7, 11) is 0. The van der Waals surface area contributed by atoms with E-state index in [1.54, 1.807) is 12.4 Å². The Morgan fingerprint density at radius 3 is 2.37 bits per heavy atom. The van der Waals surface area contributed by atoms with Crippen LogP contribution in [0.1, 0.15) is 34.0 Å². The molecule has 138 valence electrons. The van der Waals surface area contributed by atoms with Gasteiger partial charge in [0.05, 0.1) is 5.56 Å². The highest BCUT2D eigenvalue weighted by Crippen LogP contribution is 2.22. The summed E-state index contributed by atoms with van der Waals surface area (Å²) in [6.07, 6.45) is 3.13. The zero-order valence-corrected chi connectivity index (χ0v) is 16.2. The number of anilines is 3. The van der Waals surface area contributed by atoms with Gasteiger partial charge in [-0.3, -0.25) is 4.79 Å². The Morgan fingerprint density at radius 1 is 1.00 bits per heavy atom. The smallest absolute Gasteiger partial charge is 0.258 e. The molecule has 1 aromatic heterocycles. The van der Waals surface area contributed by atoms with Gasteiger partial charge in [0.1, 0.15) is 0 Å². The van der Waals surface area contributed by atoms with Crippen LogP contribution in [0.5, 0.6) is 0 Å². The highest BCUT2D eigenvalue weighted by Gasteiger charge is 2.13. The Hall–Kier alpha value is -3.21. The fourth-order valence-corrected chi connectivity index (χ4v) is 2.84. The number of rotatable bonds is 5. The van der Waals surface area contributed by atoms with Gasteiger partial charge in [0.15, 0.2) is 0 Å². The van der Waals surface area contributed by atoms with Crippen LogP contribution in [0.25, 0.3) is 0 Å². The molecule has 0 spiro atoms. The summed E-state index contributed by atoms with van der Waals surface area (Å²) in [4.78, 5) is 23.3. The number of nitrogens with one attached hydrogen (secondary N) is 1. The molecule has 0 saturated carbocycles. The van der Waals surface area contributed by atoms with Crippen molar-refractivity contribution >= 4 is 23.2 Å². The second kappa shape index (κ2) is 7.99. The van der Waals surface area contributed by atoms with E-state index in [1.807, 2.05) is 56.0 Å². The first-order chi connectivity index (χ1) is 13.0. The molecule has 1 amide bonds. The number of hydrogen-bond acceptors (Lipinski definition) is 4. The molecule has 0 aliphatic heterocycles. The first-order valence-corrected chi connectivity index (χ1v) is 9.03. The van der Waals surface area contributed by atoms with Crippen LogP contribution in [0.4, 0.5) is 17.3 Å². The number of amides is 1. The molecule has 3 aromatic rings. The summed E-state index contributed by atoms with van der Waals surface area (Å²) in [6, 6.07) is 14.0. The predicted octanol–water partition coefficient (Wildman–Crippen LogP) is 4.81. The van der Waals surface area contributed by atoms with Crippen LogP contribution in [0.2, 0.25) is 0 Å². The summed E-state index contributed by atoms with van der Waals surface area (Å²) in [5.41, 5.74) is 5.73. The van der Waals surface area contributed by atoms with Gasteiger partial charge in [0, 0.05) is 30.3 Å². The molecule has 1 N–H and O–H groups in total. The predicted molar refractivity (Wildman–Crippen MR) is 110 cm³/mol. The lowest BCUT2D eigenvalue weighted by atomic mass is 10.1. The third-order valence-corrected chi connectivity index (χ3v) is 4.54. The minimum Gasteiger partial charge on any atom is -0.322 e. The van der Waals surface area contributed by atoms with E-state index in [2.05, 4.69) is 34.3 Å². The zero-order valence-electron chi connectivity index (χ0n) is 16.2. The topological polar surface area (TPSA) is 58.1 Å². The van der Waals surface area contributed by atoms with Crippen LogP contribution < -0.4 is 10.2 Å². The molecule has 5 heteroatoms. The lowest BCUT2D eigenvalue weighted by Crippen LogP contribution is -2.20. The van der Waals surface area contributed by atoms with E-state index in [-0.39, 0.29) is 5.91 Å². The monoisotopic (exact) mass is 360 g/mol. The largest absolute Gasteiger partial charge is 0.322 e. The van der Waals surface area contributed by atoms with Gasteiger partial charge < -0.3 is 10.2 Å². The van der Waals surface area contributed by atoms with Gasteiger partial charge in [0.2, 0.25) is 5.95 Å². The summed E-state index contributed by atoms with van der Waals surface area (Å²) >= 11 is 0. The van der Waals surface area contributed by atoms with E-state index in [9.17, 15) is 4.79 Å². The second-order valence-electron chi connectivity index (χ2n) is 6.61. The highest BCUT2D eigenvalue weighted by atomic mass is 16.1. The van der Waals surface area contributed by atoms with Gasteiger partial charge in [-0.15, -0.1) is 0 Å². The molecule has 0 bridgehead atoms. The number of carbonyl (C=O) groups excluding carboxylic acids is 1. The van der Waals surface area contributed by atoms with Crippen LogP contribution in [0, 0.1) is 20.8 Å². The van der Waals surface area contributed by atoms with Gasteiger partial charge in [0.25, 0.3) is 5.91 Å². The van der Waals surface area contributed by atoms with Gasteiger partial charge in [-0.2, -0.15) is 0 Å². The minimum atomic E-state index is -0.219. The highest BCUT2D eigenvalue weighted by molar-refractivity contribution is 6.04. The third kappa shape index (κ3) is 4.31. The molecule has 3 rings (SSSR count). The number of benzene rings is 2. The molecular formula is C22H24N4O. The fraction of sp³-hybridized carbons (Fsp3) is 0.227. The van der Waals surface area contributed by atoms with E-state index in [4.69, 9.17) is 0 Å². The number of aromatic nitrogens is 2. The van der Waals surface area contributed by atoms with Crippen molar-refractivity contribution in [1.29, 1.82) is 0 Å². The van der Waals surface area contributed by atoms with Gasteiger partial charge in [-0.25, -0.2) is 9.97 Å². The van der Waals surface area contributed by atoms with Crippen molar-refractivity contribution in [3.05, 3.63) is 77.1 Å². The number of carbonyl (C=O) groups is 1. The van der Waals surface area contributed by atoms with Crippen molar-refractivity contribution in [3.63, 3.8) is 0 Å². The molecule has 0 fully saturated rings. The van der Waals surface area contributed by atoms with Crippen molar-refractivity contribution in [2.45, 2.75) is 27.7 Å². The van der Waals surface area contributed by atoms with Crippen LogP contribution in [0.15, 0.2) is 54.9 Å². The van der Waals surface area contributed by atoms with Crippen LogP contribution >= 0.6 is 0 Å². The molecule has 2 aromatic carbocycles. The first-order valence-electron chi connectivity index (χ1n) is 9.03. The van der Waals surface area contributed by atoms with Crippen molar-refractivity contribution in [3.8, 4) is 0 Å². The molecule has 0 unspecified atom stereocenters. The second-order valence-corrected chi connectivity index (χ2v) is 6.61. The zero-order chi connectivity index (χ0) is 19.4. The Balaban J connectivity index is 1.77. The van der Waals surface area contributed by atoms with E-state index < -0.39 is 0 Å². The molecular weight excluding hydrogens is 336 g/mol. The molecule has 0 atom stereocenters. The van der Waals surface area contributed by atoms with Crippen molar-refractivity contribution in [2.75, 3.05) is 16.8 Å². The maximum Gasteiger partial charge on any atom is 0.258 e. The SMILES string of the molecule is CCN(c1cccc(C)c1)c1ncc(C(=O)Nc2ccc(C)c(C)c2)cn1. The molecule has 1 heterocycles. The molecule has 0 aliphatic carbocycles. The summed E-state index contributed by atoms with van der Waals surface area (Å²) < 4.78 is 0. The number of aryl methyl sites for hydroxylation is 3. The standard InChI is InChI=1S/C22H24N4O/c1-5-26(20-8-6-7-15(2)11-20)22-23-13-18(14-24-22)21(27)25-19-10-9-16(3)17(4)12-19/h6-14H,5H2,1-4H3,(H,25,27). The summed E-state index contributed by atoms with van der Waals surface area (Å²) in [5.74, 6) is 0.356. The summed E-state index contributed by atoms with van der Waals surface area (Å²) in [6.45, 7) is 8.90. The fourth-order valence-electron chi connectivity index (χ4n) is 2.84. The maximum absolute atomic E-state index is 12.5. The van der Waals surface area contributed by atoms with E-state index in [1.165, 1.54) is 11.1 Å². The lowest BCUT2D eigenvalue weighted by Gasteiger charge is -2.21. The Morgan fingerprint density at radius 2 is 1.74 bits per heavy atom. The van der Waals surface area contributed by atoms with Crippen LogP contribution in [-0.4, -0.2) is 22.4 Å². The molecule has 27 heavy (non-hydrogen) atoms. The van der Waals surface area contributed by atoms with Gasteiger partial charge >= 0.3 is 0 Å². The average molecular weight is 360 g/mol. The normalized spacial score (nSPS) is 10.5. The van der Waals surface area contributed by atoms with Gasteiger partial charge in [-0.05, 0) is 68.7 Å². The average Bonchev–Trinajstić information content (AvgIpc) is 2.66. The molecule has 0 aliphatic rings. The molecule has 0 saturated heterocycles. The van der Waals surface area contributed by atoms with Crippen molar-refractivity contribution < 1.29 is 4.79 Å². The van der Waals surface area contributed by atoms with E-state index in [0.29, 0.717) is 11.5 Å². The molecule has 0 radical (unpaired) electrons. The van der Waals surface area contributed by atoms with Crippen molar-refractivity contribution in [1.82, 2.24) is 9.97 Å². The number of nitrogens with zero attached hydrogens (tertiary/aromatic N) is 3. The molecule has 5 nitrogen and oxygen atoms in total. The minimum absolute atomic E-state index is 0.219. The Bertz CT molecular complexity index is 951. The quantitative estimate of drug-likeness (QED) is 0.709. The van der Waals surface area contributed by atoms with Crippen molar-refractivity contribution in [2.24, 2.45) is 0 Å². The van der Waals surface area contributed by atoms with Gasteiger partial charge in [-0.1, -0.05) is 18.2 Å². The van der Waals surface area contributed by atoms with E-state index in [0.717, 1.165) is 23.5 Å². The number of hydrogen-bond donors (Lipinski definition) is 1.